The molecule has 0 amide bonds. The van der Waals surface area contributed by atoms with Crippen molar-refractivity contribution in [3.05, 3.63) is 119 Å². The van der Waals surface area contributed by atoms with E-state index in [2.05, 4.69) is 93.8 Å². The lowest BCUT2D eigenvalue weighted by Gasteiger charge is -2.34. The Labute approximate surface area is 161 Å². The molecule has 0 aliphatic heterocycles. The van der Waals surface area contributed by atoms with Gasteiger partial charge in [0, 0.05) is 0 Å². The summed E-state index contributed by atoms with van der Waals surface area (Å²) in [6.07, 6.45) is 9.04. The summed E-state index contributed by atoms with van der Waals surface area (Å²) in [4.78, 5) is 0. The number of allylic oxidation sites excluding steroid dienone is 8. The summed E-state index contributed by atoms with van der Waals surface area (Å²) in [6.45, 7) is 13.0. The van der Waals surface area contributed by atoms with E-state index in [-0.39, 0.29) is 5.41 Å². The van der Waals surface area contributed by atoms with E-state index in [1.54, 1.807) is 0 Å². The molecule has 2 aromatic carbocycles. The highest BCUT2D eigenvalue weighted by Gasteiger charge is 2.53. The minimum atomic E-state index is -0.265. The largest absolute Gasteiger partial charge is 0.0987 e. The van der Waals surface area contributed by atoms with Gasteiger partial charge in [0.25, 0.3) is 0 Å². The zero-order valence-electron chi connectivity index (χ0n) is 16.0. The van der Waals surface area contributed by atoms with E-state index in [0.29, 0.717) is 11.8 Å². The van der Waals surface area contributed by atoms with Crippen LogP contribution in [0.4, 0.5) is 0 Å². The van der Waals surface area contributed by atoms with Crippen molar-refractivity contribution in [1.82, 2.24) is 0 Å². The fourth-order valence-electron chi connectivity index (χ4n) is 5.36. The fourth-order valence-corrected chi connectivity index (χ4v) is 5.36. The lowest BCUT2D eigenvalue weighted by molar-refractivity contribution is 0.545. The molecule has 0 bridgehead atoms. The number of rotatable bonds is 2. The van der Waals surface area contributed by atoms with Gasteiger partial charge in [0.2, 0.25) is 0 Å². The highest BCUT2D eigenvalue weighted by Crippen LogP contribution is 2.64. The molecular formula is C27H24. The predicted molar refractivity (Wildman–Crippen MR) is 115 cm³/mol. The molecule has 3 atom stereocenters. The van der Waals surface area contributed by atoms with Crippen LogP contribution in [0.25, 0.3) is 11.1 Å². The molecule has 132 valence electrons. The van der Waals surface area contributed by atoms with Crippen molar-refractivity contribution in [1.29, 1.82) is 0 Å². The maximum absolute atomic E-state index is 4.24. The van der Waals surface area contributed by atoms with Crippen molar-refractivity contribution >= 4 is 11.1 Å². The van der Waals surface area contributed by atoms with Crippen LogP contribution in [0.5, 0.6) is 0 Å². The molecule has 0 aromatic heterocycles. The summed E-state index contributed by atoms with van der Waals surface area (Å²) in [7, 11) is 0. The van der Waals surface area contributed by atoms with Crippen molar-refractivity contribution in [2.75, 3.05) is 0 Å². The minimum Gasteiger partial charge on any atom is -0.0987 e. The van der Waals surface area contributed by atoms with Crippen molar-refractivity contribution in [2.24, 2.45) is 11.8 Å². The van der Waals surface area contributed by atoms with Crippen LogP contribution >= 0.6 is 0 Å². The molecule has 0 heteroatoms. The van der Waals surface area contributed by atoms with E-state index in [0.717, 1.165) is 0 Å². The molecule has 0 heterocycles. The number of hydrogen-bond acceptors (Lipinski definition) is 0. The van der Waals surface area contributed by atoms with E-state index >= 15 is 0 Å². The summed E-state index contributed by atoms with van der Waals surface area (Å²) in [5.74, 6) is 1.06. The average Bonchev–Trinajstić information content (AvgIpc) is 3.14. The first kappa shape index (κ1) is 16.3. The Morgan fingerprint density at radius 3 is 2.04 bits per heavy atom. The van der Waals surface area contributed by atoms with Gasteiger partial charge in [-0.25, -0.2) is 0 Å². The Bertz CT molecular complexity index is 1090. The lowest BCUT2D eigenvalue weighted by atomic mass is 9.67. The molecule has 0 nitrogen and oxygen atoms in total. The van der Waals surface area contributed by atoms with Gasteiger partial charge in [-0.1, -0.05) is 99.8 Å². The van der Waals surface area contributed by atoms with Crippen LogP contribution in [0, 0.1) is 11.8 Å². The molecule has 0 fully saturated rings. The molecule has 27 heavy (non-hydrogen) atoms. The minimum absolute atomic E-state index is 0.265. The summed E-state index contributed by atoms with van der Waals surface area (Å²) < 4.78 is 0. The van der Waals surface area contributed by atoms with E-state index in [9.17, 15) is 0 Å². The molecule has 3 aliphatic carbocycles. The van der Waals surface area contributed by atoms with E-state index < -0.39 is 0 Å². The first-order chi connectivity index (χ1) is 13.1. The highest BCUT2D eigenvalue weighted by molar-refractivity contribution is 6.02. The van der Waals surface area contributed by atoms with Gasteiger partial charge in [0.05, 0.1) is 5.41 Å². The first-order valence-corrected chi connectivity index (χ1v) is 9.78. The third kappa shape index (κ3) is 1.83. The number of fused-ring (bicyclic) bond motifs is 7. The number of hydrogen-bond donors (Lipinski definition) is 0. The van der Waals surface area contributed by atoms with Crippen molar-refractivity contribution in [3.63, 3.8) is 0 Å². The van der Waals surface area contributed by atoms with Gasteiger partial charge in [0.1, 0.15) is 0 Å². The van der Waals surface area contributed by atoms with Gasteiger partial charge in [-0.3, -0.25) is 0 Å². The Kier molecular flexibility index (Phi) is 3.37. The summed E-state index contributed by atoms with van der Waals surface area (Å²) >= 11 is 0. The molecule has 2 aromatic rings. The Morgan fingerprint density at radius 1 is 0.778 bits per heavy atom. The highest BCUT2D eigenvalue weighted by atomic mass is 14.5. The van der Waals surface area contributed by atoms with Gasteiger partial charge in [-0.05, 0) is 56.4 Å². The van der Waals surface area contributed by atoms with Crippen molar-refractivity contribution in [3.8, 4) is 0 Å². The maximum atomic E-state index is 4.24. The lowest BCUT2D eigenvalue weighted by Crippen LogP contribution is -2.28. The standard InChI is InChI=1S/C27H24/c1-5-19-20-11-7-9-13-24(20)27(23(19)6-2)25-14-10-8-12-21(25)22-15-17(3)18(4)16-26(22)27/h5-18H,1-2H2,3-4H3. The van der Waals surface area contributed by atoms with E-state index in [1.165, 1.54) is 44.5 Å². The van der Waals surface area contributed by atoms with Gasteiger partial charge < -0.3 is 0 Å². The third-order valence-corrected chi connectivity index (χ3v) is 6.73. The smallest absolute Gasteiger partial charge is 0.0722 e. The van der Waals surface area contributed by atoms with Crippen LogP contribution in [0.15, 0.2) is 97.1 Å². The molecular weight excluding hydrogens is 324 g/mol. The van der Waals surface area contributed by atoms with E-state index in [4.69, 9.17) is 0 Å². The Morgan fingerprint density at radius 2 is 1.37 bits per heavy atom. The fraction of sp³-hybridized carbons (Fsp3) is 0.185. The quantitative estimate of drug-likeness (QED) is 0.565. The van der Waals surface area contributed by atoms with Crippen LogP contribution in [0.1, 0.15) is 36.1 Å². The monoisotopic (exact) mass is 348 g/mol. The van der Waals surface area contributed by atoms with Crippen LogP contribution < -0.4 is 0 Å². The maximum Gasteiger partial charge on any atom is 0.0722 e. The molecule has 0 N–H and O–H groups in total. The summed E-state index contributed by atoms with van der Waals surface area (Å²) in [6, 6.07) is 17.7. The summed E-state index contributed by atoms with van der Waals surface area (Å²) in [5, 5.41) is 0. The number of benzene rings is 2. The molecule has 5 rings (SSSR count). The zero-order chi connectivity index (χ0) is 18.8. The first-order valence-electron chi connectivity index (χ1n) is 9.78. The van der Waals surface area contributed by atoms with Gasteiger partial charge >= 0.3 is 0 Å². The SMILES string of the molecule is C=CC1=C(C=C)C2(C3=CC(C)C(C)C=C3c3ccccc32)c2ccccc21. The topological polar surface area (TPSA) is 0 Å². The van der Waals surface area contributed by atoms with Crippen LogP contribution in [0.2, 0.25) is 0 Å². The van der Waals surface area contributed by atoms with E-state index in [1.807, 2.05) is 6.08 Å². The molecule has 0 saturated carbocycles. The second kappa shape index (κ2) is 5.57. The zero-order valence-corrected chi connectivity index (χ0v) is 16.0. The molecule has 3 aliphatic rings. The Balaban J connectivity index is 1.98. The second-order valence-electron chi connectivity index (χ2n) is 7.96. The molecule has 0 saturated heterocycles. The predicted octanol–water partition coefficient (Wildman–Crippen LogP) is 6.72. The Hall–Kier alpha value is -2.86. The van der Waals surface area contributed by atoms with Gasteiger partial charge in [-0.15, -0.1) is 0 Å². The molecule has 3 unspecified atom stereocenters. The van der Waals surface area contributed by atoms with Crippen LogP contribution in [0.3, 0.4) is 0 Å². The van der Waals surface area contributed by atoms with Gasteiger partial charge in [0.15, 0.2) is 0 Å². The van der Waals surface area contributed by atoms with Crippen molar-refractivity contribution in [2.45, 2.75) is 19.3 Å². The third-order valence-electron chi connectivity index (χ3n) is 6.73. The van der Waals surface area contributed by atoms with Crippen molar-refractivity contribution < 1.29 is 0 Å². The second-order valence-corrected chi connectivity index (χ2v) is 7.96. The summed E-state index contributed by atoms with van der Waals surface area (Å²) in [5.41, 5.74) is 10.4. The molecule has 0 radical (unpaired) electrons. The van der Waals surface area contributed by atoms with Gasteiger partial charge in [-0.2, -0.15) is 0 Å². The van der Waals surface area contributed by atoms with Crippen LogP contribution in [-0.2, 0) is 5.41 Å². The van der Waals surface area contributed by atoms with Crippen LogP contribution in [-0.4, -0.2) is 0 Å². The molecule has 1 spiro atoms. The normalized spacial score (nSPS) is 27.6. The average molecular weight is 348 g/mol.